The van der Waals surface area contributed by atoms with Crippen LogP contribution in [0, 0.1) is 0 Å². The van der Waals surface area contributed by atoms with Crippen molar-refractivity contribution in [2.75, 3.05) is 11.0 Å². The Bertz CT molecular complexity index is 689. The molecule has 0 spiro atoms. The van der Waals surface area contributed by atoms with Crippen LogP contribution < -0.4 is 4.72 Å². The minimum absolute atomic E-state index is 0.0236. The second kappa shape index (κ2) is 3.74. The molecule has 17 heavy (non-hydrogen) atoms. The Morgan fingerprint density at radius 3 is 2.82 bits per heavy atom. The SMILES string of the molecule is CS(=O)(=O)Nc1nccc2cc(C(=O)O)[nH]c12. The molecule has 0 aliphatic rings. The standard InChI is InChI=1S/C9H9N3O4S/c1-17(15,16)12-8-7-5(2-3-10-8)4-6(11-7)9(13)14/h2-4,11H,1H3,(H,10,12)(H,13,14). The highest BCUT2D eigenvalue weighted by Crippen LogP contribution is 2.21. The zero-order chi connectivity index (χ0) is 12.6. The van der Waals surface area contributed by atoms with Crippen molar-refractivity contribution < 1.29 is 18.3 Å². The molecule has 7 nitrogen and oxygen atoms in total. The van der Waals surface area contributed by atoms with Gasteiger partial charge in [0, 0.05) is 11.6 Å². The fraction of sp³-hybridized carbons (Fsp3) is 0.111. The average molecular weight is 255 g/mol. The molecule has 2 aromatic heterocycles. The largest absolute Gasteiger partial charge is 0.477 e. The van der Waals surface area contributed by atoms with Gasteiger partial charge < -0.3 is 10.1 Å². The first-order valence-corrected chi connectivity index (χ1v) is 6.45. The summed E-state index contributed by atoms with van der Waals surface area (Å²) in [5, 5.41) is 9.39. The van der Waals surface area contributed by atoms with Gasteiger partial charge in [0.1, 0.15) is 5.69 Å². The van der Waals surface area contributed by atoms with Gasteiger partial charge in [-0.2, -0.15) is 0 Å². The van der Waals surface area contributed by atoms with E-state index in [1.165, 1.54) is 12.3 Å². The third-order valence-corrected chi connectivity index (χ3v) is 2.62. The molecular weight excluding hydrogens is 246 g/mol. The molecule has 3 N–H and O–H groups in total. The Hall–Kier alpha value is -2.09. The second-order valence-corrected chi connectivity index (χ2v) is 5.23. The zero-order valence-electron chi connectivity index (χ0n) is 8.76. The number of hydrogen-bond donors (Lipinski definition) is 3. The number of rotatable bonds is 3. The molecule has 0 bridgehead atoms. The van der Waals surface area contributed by atoms with Gasteiger partial charge in [0.05, 0.1) is 11.8 Å². The maximum atomic E-state index is 11.1. The maximum Gasteiger partial charge on any atom is 0.352 e. The number of nitrogens with one attached hydrogen (secondary N) is 2. The third-order valence-electron chi connectivity index (χ3n) is 2.06. The molecule has 8 heteroatoms. The van der Waals surface area contributed by atoms with Gasteiger partial charge in [0.2, 0.25) is 10.0 Å². The normalized spacial score (nSPS) is 11.6. The van der Waals surface area contributed by atoms with Gasteiger partial charge in [-0.25, -0.2) is 18.2 Å². The van der Waals surface area contributed by atoms with Crippen molar-refractivity contribution in [3.05, 3.63) is 24.0 Å². The van der Waals surface area contributed by atoms with E-state index in [0.717, 1.165) is 6.26 Å². The summed E-state index contributed by atoms with van der Waals surface area (Å²) in [7, 11) is -3.46. The molecule has 0 aliphatic carbocycles. The van der Waals surface area contributed by atoms with E-state index in [1.807, 2.05) is 0 Å². The number of sulfonamides is 1. The molecule has 0 aliphatic heterocycles. The first-order chi connectivity index (χ1) is 7.87. The van der Waals surface area contributed by atoms with Gasteiger partial charge in [-0.1, -0.05) is 0 Å². The summed E-state index contributed by atoms with van der Waals surface area (Å²) in [5.74, 6) is -1.04. The van der Waals surface area contributed by atoms with Gasteiger partial charge in [-0.3, -0.25) is 4.72 Å². The molecule has 2 heterocycles. The summed E-state index contributed by atoms with van der Waals surface area (Å²) in [6.07, 6.45) is 2.39. The van der Waals surface area contributed by atoms with Crippen molar-refractivity contribution in [3.8, 4) is 0 Å². The van der Waals surface area contributed by atoms with E-state index in [1.54, 1.807) is 6.07 Å². The molecule has 0 saturated carbocycles. The molecular formula is C9H9N3O4S. The monoisotopic (exact) mass is 255 g/mol. The molecule has 0 aromatic carbocycles. The average Bonchev–Trinajstić information content (AvgIpc) is 2.60. The lowest BCUT2D eigenvalue weighted by Gasteiger charge is -2.03. The summed E-state index contributed by atoms with van der Waals surface area (Å²) < 4.78 is 24.4. The summed E-state index contributed by atoms with van der Waals surface area (Å²) in [6, 6.07) is 3.00. The van der Waals surface area contributed by atoms with Crippen LogP contribution in [0.1, 0.15) is 10.5 Å². The lowest BCUT2D eigenvalue weighted by atomic mass is 10.3. The van der Waals surface area contributed by atoms with Gasteiger partial charge in [-0.15, -0.1) is 0 Å². The van der Waals surface area contributed by atoms with E-state index in [0.29, 0.717) is 10.9 Å². The van der Waals surface area contributed by atoms with Crippen LogP contribution in [-0.4, -0.2) is 35.7 Å². The first-order valence-electron chi connectivity index (χ1n) is 4.55. The fourth-order valence-corrected chi connectivity index (χ4v) is 1.93. The van der Waals surface area contributed by atoms with Crippen LogP contribution in [0.15, 0.2) is 18.3 Å². The summed E-state index contributed by atoms with van der Waals surface area (Å²) in [5.41, 5.74) is 0.319. The van der Waals surface area contributed by atoms with Crippen molar-refractivity contribution in [1.29, 1.82) is 0 Å². The van der Waals surface area contributed by atoms with E-state index in [-0.39, 0.29) is 11.5 Å². The van der Waals surface area contributed by atoms with E-state index in [4.69, 9.17) is 5.11 Å². The van der Waals surface area contributed by atoms with E-state index < -0.39 is 16.0 Å². The molecule has 0 atom stereocenters. The number of aromatic nitrogens is 2. The Labute approximate surface area is 96.5 Å². The topological polar surface area (TPSA) is 112 Å². The molecule has 0 amide bonds. The lowest BCUT2D eigenvalue weighted by Crippen LogP contribution is -2.11. The highest BCUT2D eigenvalue weighted by Gasteiger charge is 2.12. The maximum absolute atomic E-state index is 11.1. The van der Waals surface area contributed by atoms with Crippen LogP contribution in [-0.2, 0) is 10.0 Å². The molecule has 0 radical (unpaired) electrons. The van der Waals surface area contributed by atoms with Gasteiger partial charge >= 0.3 is 5.97 Å². The Morgan fingerprint density at radius 1 is 1.53 bits per heavy atom. The minimum atomic E-state index is -3.46. The van der Waals surface area contributed by atoms with Crippen LogP contribution in [0.2, 0.25) is 0 Å². The Balaban J connectivity index is 2.61. The van der Waals surface area contributed by atoms with Crippen molar-refractivity contribution in [2.24, 2.45) is 0 Å². The summed E-state index contributed by atoms with van der Waals surface area (Å²) in [6.45, 7) is 0. The fourth-order valence-electron chi connectivity index (χ4n) is 1.42. The Morgan fingerprint density at radius 2 is 2.24 bits per heavy atom. The van der Waals surface area contributed by atoms with Crippen molar-refractivity contribution >= 4 is 32.7 Å². The Kier molecular flexibility index (Phi) is 2.50. The summed E-state index contributed by atoms with van der Waals surface area (Å²) in [4.78, 5) is 17.2. The van der Waals surface area contributed by atoms with Crippen LogP contribution in [0.4, 0.5) is 5.82 Å². The number of carbonyl (C=O) groups is 1. The van der Waals surface area contributed by atoms with E-state index >= 15 is 0 Å². The molecule has 2 aromatic rings. The van der Waals surface area contributed by atoms with Crippen LogP contribution in [0.3, 0.4) is 0 Å². The van der Waals surface area contributed by atoms with Crippen molar-refractivity contribution in [2.45, 2.75) is 0 Å². The quantitative estimate of drug-likeness (QED) is 0.744. The number of hydrogen-bond acceptors (Lipinski definition) is 4. The smallest absolute Gasteiger partial charge is 0.352 e. The third kappa shape index (κ3) is 2.36. The first kappa shape index (κ1) is 11.4. The number of pyridine rings is 1. The molecule has 2 rings (SSSR count). The number of nitrogens with zero attached hydrogens (tertiary/aromatic N) is 1. The number of H-pyrrole nitrogens is 1. The predicted molar refractivity (Wildman–Crippen MR) is 61.5 cm³/mol. The number of carboxylic acids is 1. The van der Waals surface area contributed by atoms with Crippen LogP contribution >= 0.6 is 0 Å². The number of anilines is 1. The highest BCUT2D eigenvalue weighted by molar-refractivity contribution is 7.92. The van der Waals surface area contributed by atoms with Crippen LogP contribution in [0.25, 0.3) is 10.9 Å². The zero-order valence-corrected chi connectivity index (χ0v) is 9.58. The highest BCUT2D eigenvalue weighted by atomic mass is 32.2. The lowest BCUT2D eigenvalue weighted by molar-refractivity contribution is 0.0691. The number of fused-ring (bicyclic) bond motifs is 1. The predicted octanol–water partition coefficient (Wildman–Crippen LogP) is 0.633. The van der Waals surface area contributed by atoms with Crippen LogP contribution in [0.5, 0.6) is 0 Å². The second-order valence-electron chi connectivity index (χ2n) is 3.49. The molecule has 90 valence electrons. The van der Waals surface area contributed by atoms with Gasteiger partial charge in [0.25, 0.3) is 0 Å². The van der Waals surface area contributed by atoms with Gasteiger partial charge in [0.15, 0.2) is 5.82 Å². The molecule has 0 saturated heterocycles. The summed E-state index contributed by atoms with van der Waals surface area (Å²) >= 11 is 0. The molecule has 0 fully saturated rings. The number of aromatic amines is 1. The van der Waals surface area contributed by atoms with E-state index in [9.17, 15) is 13.2 Å². The number of carboxylic acid groups (broad SMARTS) is 1. The number of aromatic carboxylic acids is 1. The minimum Gasteiger partial charge on any atom is -0.477 e. The van der Waals surface area contributed by atoms with E-state index in [2.05, 4.69) is 14.7 Å². The van der Waals surface area contributed by atoms with Crippen molar-refractivity contribution in [1.82, 2.24) is 9.97 Å². The van der Waals surface area contributed by atoms with Gasteiger partial charge in [-0.05, 0) is 12.1 Å². The molecule has 0 unspecified atom stereocenters. The van der Waals surface area contributed by atoms with Crippen molar-refractivity contribution in [3.63, 3.8) is 0 Å².